The number of hydrogen-bond donors (Lipinski definition) is 1. The van der Waals surface area contributed by atoms with Gasteiger partial charge in [0, 0.05) is 4.47 Å². The molecule has 0 radical (unpaired) electrons. The van der Waals surface area contributed by atoms with Crippen molar-refractivity contribution in [1.29, 1.82) is 0 Å². The first kappa shape index (κ1) is 13.0. The monoisotopic (exact) mass is 325 g/mol. The van der Waals surface area contributed by atoms with E-state index >= 15 is 0 Å². The highest BCUT2D eigenvalue weighted by Gasteiger charge is 2.12. The van der Waals surface area contributed by atoms with Crippen LogP contribution in [0.25, 0.3) is 0 Å². The maximum atomic E-state index is 12.0. The number of hydrogen-bond acceptors (Lipinski definition) is 3. The van der Waals surface area contributed by atoms with Gasteiger partial charge in [0.05, 0.1) is 5.56 Å². The molecule has 18 heavy (non-hydrogen) atoms. The summed E-state index contributed by atoms with van der Waals surface area (Å²) in [5.74, 6) is 0.111. The number of carbonyl (C=O) groups is 1. The highest BCUT2D eigenvalue weighted by molar-refractivity contribution is 9.10. The molecular formula is C12H9BrClN3O. The molecule has 0 unspecified atom stereocenters. The van der Waals surface area contributed by atoms with Gasteiger partial charge in [0.1, 0.15) is 0 Å². The van der Waals surface area contributed by atoms with Gasteiger partial charge in [-0.05, 0) is 46.6 Å². The summed E-state index contributed by atoms with van der Waals surface area (Å²) < 4.78 is 0.768. The van der Waals surface area contributed by atoms with E-state index in [1.165, 1.54) is 0 Å². The van der Waals surface area contributed by atoms with Gasteiger partial charge in [-0.1, -0.05) is 23.7 Å². The van der Waals surface area contributed by atoms with Crippen LogP contribution >= 0.6 is 27.5 Å². The van der Waals surface area contributed by atoms with E-state index in [-0.39, 0.29) is 11.1 Å². The lowest BCUT2D eigenvalue weighted by Crippen LogP contribution is -2.14. The van der Waals surface area contributed by atoms with E-state index in [9.17, 15) is 4.79 Å². The Labute approximate surface area is 118 Å². The molecule has 1 aromatic heterocycles. The fraction of sp³-hybridized carbons (Fsp3) is 0.0833. The van der Waals surface area contributed by atoms with E-state index in [2.05, 4.69) is 31.4 Å². The number of rotatable bonds is 2. The normalized spacial score (nSPS) is 10.2. The van der Waals surface area contributed by atoms with E-state index < -0.39 is 0 Å². The van der Waals surface area contributed by atoms with Crippen molar-refractivity contribution in [3.63, 3.8) is 0 Å². The first-order chi connectivity index (χ1) is 8.58. The minimum atomic E-state index is -0.248. The molecule has 1 N–H and O–H groups in total. The molecule has 0 saturated carbocycles. The summed E-state index contributed by atoms with van der Waals surface area (Å²) in [6.45, 7) is 1.92. The zero-order valence-corrected chi connectivity index (χ0v) is 11.8. The van der Waals surface area contributed by atoms with E-state index in [0.29, 0.717) is 11.4 Å². The van der Waals surface area contributed by atoms with E-state index in [1.54, 1.807) is 18.2 Å². The molecule has 0 fully saturated rings. The number of halogens is 2. The molecular weight excluding hydrogens is 318 g/mol. The molecule has 2 aromatic rings. The molecule has 92 valence electrons. The smallest absolute Gasteiger partial charge is 0.258 e. The summed E-state index contributed by atoms with van der Waals surface area (Å²) in [5, 5.41) is 10.4. The molecule has 4 nitrogen and oxygen atoms in total. The number of amides is 1. The number of nitrogens with zero attached hydrogens (tertiary/aromatic N) is 2. The minimum absolute atomic E-state index is 0.248. The molecule has 0 atom stereocenters. The molecule has 1 aromatic carbocycles. The third-order valence-electron chi connectivity index (χ3n) is 2.31. The fourth-order valence-corrected chi connectivity index (χ4v) is 1.93. The molecule has 1 heterocycles. The van der Waals surface area contributed by atoms with Crippen molar-refractivity contribution in [3.05, 3.63) is 51.1 Å². The van der Waals surface area contributed by atoms with Gasteiger partial charge >= 0.3 is 0 Å². The summed E-state index contributed by atoms with van der Waals surface area (Å²) in [5.41, 5.74) is 1.54. The van der Waals surface area contributed by atoms with Crippen LogP contribution in [0.2, 0.25) is 5.15 Å². The molecule has 0 spiro atoms. The summed E-state index contributed by atoms with van der Waals surface area (Å²) in [6, 6.07) is 8.63. The Hall–Kier alpha value is -1.46. The molecule has 0 aliphatic rings. The first-order valence-electron chi connectivity index (χ1n) is 5.13. The molecule has 0 saturated heterocycles. The van der Waals surface area contributed by atoms with Gasteiger partial charge in [-0.15, -0.1) is 10.2 Å². The number of carbonyl (C=O) groups excluding carboxylic acids is 1. The lowest BCUT2D eigenvalue weighted by Gasteiger charge is -2.07. The number of anilines is 1. The van der Waals surface area contributed by atoms with Crippen LogP contribution in [-0.4, -0.2) is 16.1 Å². The average molecular weight is 327 g/mol. The largest absolute Gasteiger partial charge is 0.305 e. The molecule has 0 bridgehead atoms. The number of aromatic nitrogens is 2. The summed E-state index contributed by atoms with van der Waals surface area (Å²) in [7, 11) is 0. The van der Waals surface area contributed by atoms with Crippen LogP contribution in [0.3, 0.4) is 0 Å². The highest BCUT2D eigenvalue weighted by Crippen LogP contribution is 2.21. The molecule has 0 aliphatic heterocycles. The van der Waals surface area contributed by atoms with Gasteiger partial charge in [0.2, 0.25) is 0 Å². The quantitative estimate of drug-likeness (QED) is 0.919. The van der Waals surface area contributed by atoms with Crippen LogP contribution in [0.1, 0.15) is 15.9 Å². The zero-order valence-electron chi connectivity index (χ0n) is 9.45. The Morgan fingerprint density at radius 1 is 1.28 bits per heavy atom. The van der Waals surface area contributed by atoms with Gasteiger partial charge < -0.3 is 5.32 Å². The SMILES string of the molecule is Cc1cccc(C(=O)Nc2ccc(Cl)nn2)c1Br. The Bertz CT molecular complexity index is 586. The van der Waals surface area contributed by atoms with Crippen LogP contribution in [0.15, 0.2) is 34.8 Å². The van der Waals surface area contributed by atoms with Gasteiger partial charge in [-0.3, -0.25) is 4.79 Å². The maximum Gasteiger partial charge on any atom is 0.258 e. The van der Waals surface area contributed by atoms with Crippen molar-refractivity contribution >= 4 is 39.3 Å². The van der Waals surface area contributed by atoms with E-state index in [1.807, 2.05) is 19.1 Å². The lowest BCUT2D eigenvalue weighted by atomic mass is 10.1. The van der Waals surface area contributed by atoms with E-state index in [0.717, 1.165) is 10.0 Å². The van der Waals surface area contributed by atoms with Crippen molar-refractivity contribution in [2.24, 2.45) is 0 Å². The van der Waals surface area contributed by atoms with Crippen LogP contribution in [0, 0.1) is 6.92 Å². The number of aryl methyl sites for hydroxylation is 1. The Balaban J connectivity index is 2.22. The van der Waals surface area contributed by atoms with Crippen molar-refractivity contribution in [2.75, 3.05) is 5.32 Å². The molecule has 0 aliphatic carbocycles. The second-order valence-corrected chi connectivity index (χ2v) is 4.81. The van der Waals surface area contributed by atoms with Crippen molar-refractivity contribution in [3.8, 4) is 0 Å². The number of benzene rings is 1. The molecule has 6 heteroatoms. The topological polar surface area (TPSA) is 54.9 Å². The van der Waals surface area contributed by atoms with Crippen molar-refractivity contribution in [2.45, 2.75) is 6.92 Å². The maximum absolute atomic E-state index is 12.0. The Morgan fingerprint density at radius 3 is 2.72 bits per heavy atom. The standard InChI is InChI=1S/C12H9BrClN3O/c1-7-3-2-4-8(11(7)13)12(18)15-10-6-5-9(14)16-17-10/h2-6H,1H3,(H,15,17,18). The highest BCUT2D eigenvalue weighted by atomic mass is 79.9. The second kappa shape index (κ2) is 5.46. The van der Waals surface area contributed by atoms with Crippen molar-refractivity contribution < 1.29 is 4.79 Å². The third-order valence-corrected chi connectivity index (χ3v) is 3.56. The fourth-order valence-electron chi connectivity index (χ4n) is 1.39. The summed E-state index contributed by atoms with van der Waals surface area (Å²) in [4.78, 5) is 12.0. The van der Waals surface area contributed by atoms with Crippen LogP contribution in [0.4, 0.5) is 5.82 Å². The third kappa shape index (κ3) is 2.86. The van der Waals surface area contributed by atoms with Crippen LogP contribution in [0.5, 0.6) is 0 Å². The van der Waals surface area contributed by atoms with Crippen molar-refractivity contribution in [1.82, 2.24) is 10.2 Å². The molecule has 2 rings (SSSR count). The van der Waals surface area contributed by atoms with E-state index in [4.69, 9.17) is 11.6 Å². The predicted octanol–water partition coefficient (Wildman–Crippen LogP) is 3.45. The first-order valence-corrected chi connectivity index (χ1v) is 6.30. The van der Waals surface area contributed by atoms with Crippen LogP contribution in [-0.2, 0) is 0 Å². The second-order valence-electron chi connectivity index (χ2n) is 3.63. The Kier molecular flexibility index (Phi) is 3.93. The van der Waals surface area contributed by atoms with Gasteiger partial charge in [0.25, 0.3) is 5.91 Å². The Morgan fingerprint density at radius 2 is 2.06 bits per heavy atom. The number of nitrogens with one attached hydrogen (secondary N) is 1. The lowest BCUT2D eigenvalue weighted by molar-refractivity contribution is 0.102. The van der Waals surface area contributed by atoms with Gasteiger partial charge in [-0.25, -0.2) is 0 Å². The predicted molar refractivity (Wildman–Crippen MR) is 73.9 cm³/mol. The van der Waals surface area contributed by atoms with Crippen LogP contribution < -0.4 is 5.32 Å². The summed E-state index contributed by atoms with van der Waals surface area (Å²) in [6.07, 6.45) is 0. The summed E-state index contributed by atoms with van der Waals surface area (Å²) >= 11 is 9.01. The van der Waals surface area contributed by atoms with Gasteiger partial charge in [-0.2, -0.15) is 0 Å². The van der Waals surface area contributed by atoms with Gasteiger partial charge in [0.15, 0.2) is 11.0 Å². The zero-order chi connectivity index (χ0) is 13.1. The minimum Gasteiger partial charge on any atom is -0.305 e. The average Bonchev–Trinajstić information content (AvgIpc) is 2.35. The molecule has 1 amide bonds.